The zero-order valence-corrected chi connectivity index (χ0v) is 16.9. The second kappa shape index (κ2) is 7.24. The number of hydrogen-bond acceptors (Lipinski definition) is 6. The van der Waals surface area contributed by atoms with Gasteiger partial charge in [0.1, 0.15) is 11.6 Å². The molecule has 0 amide bonds. The lowest BCUT2D eigenvalue weighted by Crippen LogP contribution is -2.29. The van der Waals surface area contributed by atoms with Crippen LogP contribution in [0, 0.1) is 12.7 Å². The van der Waals surface area contributed by atoms with E-state index in [0.717, 1.165) is 31.5 Å². The van der Waals surface area contributed by atoms with Gasteiger partial charge in [-0.15, -0.1) is 5.10 Å². The van der Waals surface area contributed by atoms with Crippen molar-refractivity contribution in [2.45, 2.75) is 44.8 Å². The van der Waals surface area contributed by atoms with Crippen molar-refractivity contribution in [3.63, 3.8) is 0 Å². The Labute approximate surface area is 172 Å². The minimum Gasteiger partial charge on any atom is -0.393 e. The quantitative estimate of drug-likeness (QED) is 0.478. The number of nitrogens with one attached hydrogen (secondary N) is 2. The average Bonchev–Trinajstić information content (AvgIpc) is 3.24. The summed E-state index contributed by atoms with van der Waals surface area (Å²) >= 11 is 0. The minimum absolute atomic E-state index is 0.193. The molecule has 0 spiro atoms. The number of anilines is 3. The third-order valence-electron chi connectivity index (χ3n) is 5.74. The maximum Gasteiger partial charge on any atom is 0.247 e. The van der Waals surface area contributed by atoms with Crippen LogP contribution >= 0.6 is 0 Å². The summed E-state index contributed by atoms with van der Waals surface area (Å²) in [5.74, 6) is 0.908. The number of pyridine rings is 1. The number of rotatable bonds is 4. The fourth-order valence-corrected chi connectivity index (χ4v) is 4.23. The van der Waals surface area contributed by atoms with Crippen molar-refractivity contribution >= 4 is 34.0 Å². The molecule has 3 N–H and O–H groups in total. The van der Waals surface area contributed by atoms with Gasteiger partial charge in [-0.25, -0.2) is 4.39 Å². The van der Waals surface area contributed by atoms with Crippen molar-refractivity contribution in [1.29, 1.82) is 0 Å². The van der Waals surface area contributed by atoms with Gasteiger partial charge in [0.25, 0.3) is 0 Å². The van der Waals surface area contributed by atoms with Crippen LogP contribution in [0.3, 0.4) is 0 Å². The van der Waals surface area contributed by atoms with Crippen LogP contribution in [0.5, 0.6) is 0 Å². The molecule has 4 aromatic rings. The van der Waals surface area contributed by atoms with Crippen LogP contribution in [-0.4, -0.2) is 41.6 Å². The van der Waals surface area contributed by atoms with Gasteiger partial charge in [0.2, 0.25) is 5.95 Å². The van der Waals surface area contributed by atoms with Gasteiger partial charge in [0.05, 0.1) is 22.7 Å². The predicted octanol–water partition coefficient (Wildman–Crippen LogP) is 3.52. The van der Waals surface area contributed by atoms with Gasteiger partial charge in [0.15, 0.2) is 5.65 Å². The normalized spacial score (nSPS) is 19.5. The summed E-state index contributed by atoms with van der Waals surface area (Å²) in [7, 11) is 1.80. The SMILES string of the molecule is Cc1nn(C)c2cc(Nc3nc4cccc(N[C@H]5CC[C@@H](O)CC5)n4n3)cc(F)c12. The molecule has 1 saturated carbocycles. The lowest BCUT2D eigenvalue weighted by atomic mass is 9.93. The second-order valence-corrected chi connectivity index (χ2v) is 7.95. The van der Waals surface area contributed by atoms with Crippen molar-refractivity contribution in [3.8, 4) is 0 Å². The highest BCUT2D eigenvalue weighted by molar-refractivity contribution is 5.86. The Morgan fingerprint density at radius 1 is 1.13 bits per heavy atom. The van der Waals surface area contributed by atoms with E-state index >= 15 is 0 Å². The van der Waals surface area contributed by atoms with E-state index in [4.69, 9.17) is 0 Å². The van der Waals surface area contributed by atoms with Crippen molar-refractivity contribution in [2.24, 2.45) is 7.05 Å². The zero-order chi connectivity index (χ0) is 20.8. The molecular weight excluding hydrogens is 385 g/mol. The van der Waals surface area contributed by atoms with Crippen molar-refractivity contribution in [2.75, 3.05) is 10.6 Å². The van der Waals surface area contributed by atoms with Crippen LogP contribution in [0.2, 0.25) is 0 Å². The largest absolute Gasteiger partial charge is 0.393 e. The number of nitrogens with zero attached hydrogens (tertiary/aromatic N) is 5. The number of fused-ring (bicyclic) bond motifs is 2. The molecule has 3 heterocycles. The summed E-state index contributed by atoms with van der Waals surface area (Å²) in [6.07, 6.45) is 3.25. The number of halogens is 1. The molecule has 1 aliphatic carbocycles. The van der Waals surface area contributed by atoms with Crippen molar-refractivity contribution in [1.82, 2.24) is 24.4 Å². The number of benzene rings is 1. The van der Waals surface area contributed by atoms with Gasteiger partial charge < -0.3 is 15.7 Å². The third-order valence-corrected chi connectivity index (χ3v) is 5.74. The molecule has 5 rings (SSSR count). The van der Waals surface area contributed by atoms with Crippen molar-refractivity contribution in [3.05, 3.63) is 41.8 Å². The monoisotopic (exact) mass is 409 g/mol. The Hall–Kier alpha value is -3.20. The Balaban J connectivity index is 1.43. The molecule has 0 bridgehead atoms. The first-order chi connectivity index (χ1) is 14.5. The maximum absolute atomic E-state index is 14.6. The molecule has 1 fully saturated rings. The van der Waals surface area contributed by atoms with Gasteiger partial charge >= 0.3 is 0 Å². The summed E-state index contributed by atoms with van der Waals surface area (Å²) in [6, 6.07) is 9.34. The van der Waals surface area contributed by atoms with Crippen LogP contribution in [0.25, 0.3) is 16.6 Å². The smallest absolute Gasteiger partial charge is 0.247 e. The molecule has 8 nitrogen and oxygen atoms in total. The highest BCUT2D eigenvalue weighted by atomic mass is 19.1. The molecule has 0 radical (unpaired) electrons. The molecule has 1 aliphatic rings. The van der Waals surface area contributed by atoms with E-state index in [1.807, 2.05) is 24.3 Å². The van der Waals surface area contributed by atoms with E-state index in [-0.39, 0.29) is 11.9 Å². The Kier molecular flexibility index (Phi) is 4.54. The molecular formula is C21H24FN7O. The molecule has 3 aromatic heterocycles. The standard InChI is InChI=1S/C21H24FN7O/c1-12-20-16(22)10-14(11-17(20)28(2)26-12)24-21-25-19-5-3-4-18(29(19)27-21)23-13-6-8-15(30)9-7-13/h3-5,10-11,13,15,23,30H,6-9H2,1-2H3,(H,24,27)/t13-,15+. The number of aliphatic hydroxyl groups excluding tert-OH is 1. The first-order valence-electron chi connectivity index (χ1n) is 10.2. The predicted molar refractivity (Wildman–Crippen MR) is 114 cm³/mol. The van der Waals surface area contributed by atoms with E-state index in [0.29, 0.717) is 39.9 Å². The van der Waals surface area contributed by atoms with Gasteiger partial charge in [-0.05, 0) is 56.9 Å². The van der Waals surface area contributed by atoms with Gasteiger partial charge in [-0.2, -0.15) is 14.6 Å². The van der Waals surface area contributed by atoms with E-state index in [1.165, 1.54) is 6.07 Å². The van der Waals surface area contributed by atoms with Gasteiger partial charge in [0, 0.05) is 18.8 Å². The fraction of sp³-hybridized carbons (Fsp3) is 0.381. The van der Waals surface area contributed by atoms with E-state index in [9.17, 15) is 9.50 Å². The Bertz CT molecular complexity index is 1220. The topological polar surface area (TPSA) is 92.3 Å². The zero-order valence-electron chi connectivity index (χ0n) is 16.9. The molecule has 9 heteroatoms. The third kappa shape index (κ3) is 3.35. The summed E-state index contributed by atoms with van der Waals surface area (Å²) in [4.78, 5) is 4.53. The van der Waals surface area contributed by atoms with Crippen LogP contribution in [0.1, 0.15) is 31.4 Å². The number of hydrogen-bond donors (Lipinski definition) is 3. The van der Waals surface area contributed by atoms with Gasteiger partial charge in [-0.3, -0.25) is 4.68 Å². The average molecular weight is 409 g/mol. The first-order valence-corrected chi connectivity index (χ1v) is 10.2. The Morgan fingerprint density at radius 2 is 1.93 bits per heavy atom. The lowest BCUT2D eigenvalue weighted by molar-refractivity contribution is 0.126. The maximum atomic E-state index is 14.6. The highest BCUT2D eigenvalue weighted by Crippen LogP contribution is 2.27. The van der Waals surface area contributed by atoms with Crippen LogP contribution in [0.15, 0.2) is 30.3 Å². The summed E-state index contributed by atoms with van der Waals surface area (Å²) in [6.45, 7) is 1.80. The molecule has 1 aromatic carbocycles. The molecule has 30 heavy (non-hydrogen) atoms. The van der Waals surface area contributed by atoms with Gasteiger partial charge in [-0.1, -0.05) is 6.07 Å². The lowest BCUT2D eigenvalue weighted by Gasteiger charge is -2.26. The number of aromatic nitrogens is 5. The van der Waals surface area contributed by atoms with Crippen molar-refractivity contribution < 1.29 is 9.50 Å². The second-order valence-electron chi connectivity index (χ2n) is 7.95. The van der Waals surface area contributed by atoms with E-state index in [1.54, 1.807) is 23.2 Å². The summed E-state index contributed by atoms with van der Waals surface area (Å²) in [5.41, 5.74) is 2.62. The molecule has 0 unspecified atom stereocenters. The van der Waals surface area contributed by atoms with E-state index < -0.39 is 0 Å². The van der Waals surface area contributed by atoms with E-state index in [2.05, 4.69) is 25.8 Å². The highest BCUT2D eigenvalue weighted by Gasteiger charge is 2.20. The van der Waals surface area contributed by atoms with Crippen LogP contribution in [0.4, 0.5) is 21.8 Å². The first kappa shape index (κ1) is 18.8. The molecule has 0 saturated heterocycles. The summed E-state index contributed by atoms with van der Waals surface area (Å²) in [5, 5.41) is 25.7. The Morgan fingerprint density at radius 3 is 2.73 bits per heavy atom. The molecule has 0 atom stereocenters. The molecule has 0 aliphatic heterocycles. The minimum atomic E-state index is -0.328. The van der Waals surface area contributed by atoms with Crippen LogP contribution < -0.4 is 10.6 Å². The number of aryl methyl sites for hydroxylation is 2. The number of aliphatic hydroxyl groups is 1. The van der Waals surface area contributed by atoms with Crippen LogP contribution in [-0.2, 0) is 7.05 Å². The summed E-state index contributed by atoms with van der Waals surface area (Å²) < 4.78 is 18.0. The molecule has 156 valence electrons. The fourth-order valence-electron chi connectivity index (χ4n) is 4.23.